The van der Waals surface area contributed by atoms with Crippen molar-refractivity contribution < 1.29 is 4.79 Å². The fourth-order valence-electron chi connectivity index (χ4n) is 3.59. The summed E-state index contributed by atoms with van der Waals surface area (Å²) in [6.07, 6.45) is 0.917. The fraction of sp³-hybridized carbons (Fsp3) is 0.261. The van der Waals surface area contributed by atoms with Crippen molar-refractivity contribution >= 4 is 37.4 Å². The molecular formula is C23H23N3O2S. The first-order valence-corrected chi connectivity index (χ1v) is 10.6. The summed E-state index contributed by atoms with van der Waals surface area (Å²) in [4.78, 5) is 25.3. The number of carbonyl (C=O) groups is 1. The summed E-state index contributed by atoms with van der Waals surface area (Å²) in [5.41, 5.74) is 1.84. The third-order valence-corrected chi connectivity index (χ3v) is 6.37. The third-order valence-electron chi connectivity index (χ3n) is 5.09. The molecule has 4 aromatic rings. The van der Waals surface area contributed by atoms with E-state index in [9.17, 15) is 9.59 Å². The van der Waals surface area contributed by atoms with Crippen molar-refractivity contribution in [3.63, 3.8) is 0 Å². The highest BCUT2D eigenvalue weighted by Gasteiger charge is 2.15. The minimum atomic E-state index is -0.0823. The highest BCUT2D eigenvalue weighted by atomic mass is 32.1. The summed E-state index contributed by atoms with van der Waals surface area (Å²) in [5.74, 6) is -0.0202. The Balaban J connectivity index is 1.46. The minimum Gasteiger partial charge on any atom is -0.350 e. The predicted octanol–water partition coefficient (Wildman–Crippen LogP) is 4.58. The van der Waals surface area contributed by atoms with Crippen LogP contribution in [0.15, 0.2) is 59.4 Å². The lowest BCUT2D eigenvalue weighted by molar-refractivity contribution is -0.121. The van der Waals surface area contributed by atoms with Crippen LogP contribution in [0.2, 0.25) is 0 Å². The molecule has 1 atom stereocenters. The SMILES string of the molecule is Cc1nn(CCCC(=O)N[C@@H](C)c2ccccc2)c(=O)c2c1sc1ccccc12. The summed E-state index contributed by atoms with van der Waals surface area (Å²) < 4.78 is 3.54. The number of carbonyl (C=O) groups excluding carboxylic acids is 1. The quantitative estimate of drug-likeness (QED) is 0.511. The maximum atomic E-state index is 13.0. The molecule has 6 heteroatoms. The van der Waals surface area contributed by atoms with Gasteiger partial charge in [-0.2, -0.15) is 5.10 Å². The molecule has 2 aromatic carbocycles. The lowest BCUT2D eigenvalue weighted by Gasteiger charge is -2.14. The van der Waals surface area contributed by atoms with Crippen molar-refractivity contribution in [2.75, 3.05) is 0 Å². The number of fused-ring (bicyclic) bond motifs is 3. The molecule has 1 N–H and O–H groups in total. The maximum Gasteiger partial charge on any atom is 0.276 e. The van der Waals surface area contributed by atoms with E-state index in [2.05, 4.69) is 10.4 Å². The Morgan fingerprint density at radius 2 is 1.86 bits per heavy atom. The van der Waals surface area contributed by atoms with E-state index in [1.54, 1.807) is 11.3 Å². The fourth-order valence-corrected chi connectivity index (χ4v) is 4.73. The van der Waals surface area contributed by atoms with Gasteiger partial charge in [-0.15, -0.1) is 11.3 Å². The van der Waals surface area contributed by atoms with Crippen LogP contribution in [0.3, 0.4) is 0 Å². The van der Waals surface area contributed by atoms with Crippen LogP contribution in [0.1, 0.15) is 37.1 Å². The number of hydrogen-bond donors (Lipinski definition) is 1. The number of aryl methyl sites for hydroxylation is 2. The van der Waals surface area contributed by atoms with Gasteiger partial charge in [-0.05, 0) is 31.9 Å². The average Bonchev–Trinajstić information content (AvgIpc) is 3.13. The molecule has 0 aliphatic heterocycles. The zero-order chi connectivity index (χ0) is 20.4. The normalized spacial score (nSPS) is 12.3. The Morgan fingerprint density at radius 3 is 2.66 bits per heavy atom. The van der Waals surface area contributed by atoms with Gasteiger partial charge in [0.15, 0.2) is 0 Å². The highest BCUT2D eigenvalue weighted by molar-refractivity contribution is 7.26. The second kappa shape index (κ2) is 8.17. The number of thiophene rings is 1. The molecule has 0 saturated heterocycles. The van der Waals surface area contributed by atoms with Gasteiger partial charge in [0.05, 0.1) is 21.8 Å². The van der Waals surface area contributed by atoms with E-state index in [0.717, 1.165) is 31.4 Å². The number of benzene rings is 2. The molecule has 0 aliphatic carbocycles. The molecule has 0 saturated carbocycles. The molecule has 0 fully saturated rings. The molecule has 5 nitrogen and oxygen atoms in total. The number of rotatable bonds is 6. The molecule has 0 aliphatic rings. The Labute approximate surface area is 173 Å². The van der Waals surface area contributed by atoms with Crippen molar-refractivity contribution in [1.29, 1.82) is 0 Å². The third kappa shape index (κ3) is 3.93. The van der Waals surface area contributed by atoms with Crippen LogP contribution in [0.5, 0.6) is 0 Å². The monoisotopic (exact) mass is 405 g/mol. The Bertz CT molecular complexity index is 1230. The highest BCUT2D eigenvalue weighted by Crippen LogP contribution is 2.32. The first-order valence-electron chi connectivity index (χ1n) is 9.78. The van der Waals surface area contributed by atoms with Gasteiger partial charge in [0.25, 0.3) is 5.56 Å². The van der Waals surface area contributed by atoms with Crippen molar-refractivity contribution in [1.82, 2.24) is 15.1 Å². The van der Waals surface area contributed by atoms with Crippen molar-refractivity contribution in [2.45, 2.75) is 39.3 Å². The van der Waals surface area contributed by atoms with E-state index in [-0.39, 0.29) is 17.5 Å². The molecule has 4 rings (SSSR count). The van der Waals surface area contributed by atoms with Crippen LogP contribution in [0, 0.1) is 6.92 Å². The molecule has 2 heterocycles. The molecule has 2 aromatic heterocycles. The molecule has 29 heavy (non-hydrogen) atoms. The van der Waals surface area contributed by atoms with Gasteiger partial charge < -0.3 is 5.32 Å². The number of aromatic nitrogens is 2. The van der Waals surface area contributed by atoms with Crippen LogP contribution in [-0.4, -0.2) is 15.7 Å². The molecule has 0 radical (unpaired) electrons. The van der Waals surface area contributed by atoms with E-state index in [4.69, 9.17) is 0 Å². The first-order chi connectivity index (χ1) is 14.0. The van der Waals surface area contributed by atoms with E-state index in [0.29, 0.717) is 19.4 Å². The van der Waals surface area contributed by atoms with Gasteiger partial charge >= 0.3 is 0 Å². The van der Waals surface area contributed by atoms with Crippen molar-refractivity contribution in [3.05, 3.63) is 76.2 Å². The smallest absolute Gasteiger partial charge is 0.276 e. The zero-order valence-corrected chi connectivity index (χ0v) is 17.3. The molecular weight excluding hydrogens is 382 g/mol. The van der Waals surface area contributed by atoms with Crippen LogP contribution in [-0.2, 0) is 11.3 Å². The molecule has 148 valence electrons. The van der Waals surface area contributed by atoms with Crippen LogP contribution < -0.4 is 10.9 Å². The van der Waals surface area contributed by atoms with Crippen molar-refractivity contribution in [2.24, 2.45) is 0 Å². The zero-order valence-electron chi connectivity index (χ0n) is 16.5. The van der Waals surface area contributed by atoms with E-state index in [1.165, 1.54) is 4.68 Å². The Kier molecular flexibility index (Phi) is 5.45. The van der Waals surface area contributed by atoms with E-state index >= 15 is 0 Å². The predicted molar refractivity (Wildman–Crippen MR) is 118 cm³/mol. The second-order valence-electron chi connectivity index (χ2n) is 7.22. The number of amides is 1. The number of nitrogens with zero attached hydrogens (tertiary/aromatic N) is 2. The summed E-state index contributed by atoms with van der Waals surface area (Å²) in [6, 6.07) is 17.8. The lowest BCUT2D eigenvalue weighted by Crippen LogP contribution is -2.28. The Hall–Kier alpha value is -2.99. The standard InChI is InChI=1S/C23H23N3O2S/c1-15(17-9-4-3-5-10-17)24-20(27)13-8-14-26-23(28)21-18-11-6-7-12-19(18)29-22(21)16(2)25-26/h3-7,9-12,15H,8,13-14H2,1-2H3,(H,24,27)/t15-/m0/s1. The maximum absolute atomic E-state index is 13.0. The van der Waals surface area contributed by atoms with Gasteiger partial charge in [-0.25, -0.2) is 4.68 Å². The van der Waals surface area contributed by atoms with Gasteiger partial charge in [0.2, 0.25) is 5.91 Å². The number of hydrogen-bond acceptors (Lipinski definition) is 4. The molecule has 1 amide bonds. The summed E-state index contributed by atoms with van der Waals surface area (Å²) in [7, 11) is 0. The topological polar surface area (TPSA) is 64.0 Å². The largest absolute Gasteiger partial charge is 0.350 e. The van der Waals surface area contributed by atoms with Gasteiger partial charge in [0, 0.05) is 23.1 Å². The first kappa shape index (κ1) is 19.3. The molecule has 0 bridgehead atoms. The molecule has 0 spiro atoms. The summed E-state index contributed by atoms with van der Waals surface area (Å²) in [5, 5.41) is 9.21. The lowest BCUT2D eigenvalue weighted by atomic mass is 10.1. The molecule has 0 unspecified atom stereocenters. The van der Waals surface area contributed by atoms with E-state index < -0.39 is 0 Å². The van der Waals surface area contributed by atoms with Crippen LogP contribution in [0.4, 0.5) is 0 Å². The van der Waals surface area contributed by atoms with Crippen molar-refractivity contribution in [3.8, 4) is 0 Å². The van der Waals surface area contributed by atoms with Crippen LogP contribution >= 0.6 is 11.3 Å². The minimum absolute atomic E-state index is 0.0202. The van der Waals surface area contributed by atoms with Gasteiger partial charge in [0.1, 0.15) is 0 Å². The average molecular weight is 406 g/mol. The summed E-state index contributed by atoms with van der Waals surface area (Å²) >= 11 is 1.60. The van der Waals surface area contributed by atoms with E-state index in [1.807, 2.05) is 68.4 Å². The Morgan fingerprint density at radius 1 is 1.14 bits per heavy atom. The van der Waals surface area contributed by atoms with Crippen LogP contribution in [0.25, 0.3) is 20.2 Å². The summed E-state index contributed by atoms with van der Waals surface area (Å²) in [6.45, 7) is 4.33. The van der Waals surface area contributed by atoms with Gasteiger partial charge in [-0.1, -0.05) is 48.5 Å². The van der Waals surface area contributed by atoms with Gasteiger partial charge in [-0.3, -0.25) is 9.59 Å². The number of nitrogens with one attached hydrogen (secondary N) is 1. The second-order valence-corrected chi connectivity index (χ2v) is 8.27.